The smallest absolute Gasteiger partial charge is 0.223 e. The first-order valence-electron chi connectivity index (χ1n) is 8.59. The Morgan fingerprint density at radius 2 is 2.00 bits per heavy atom. The molecule has 120 valence electrons. The summed E-state index contributed by atoms with van der Waals surface area (Å²) in [7, 11) is 0. The molecule has 2 aliphatic carbocycles. The monoisotopic (exact) mass is 310 g/mol. The van der Waals surface area contributed by atoms with Gasteiger partial charge >= 0.3 is 0 Å². The Morgan fingerprint density at radius 1 is 1.22 bits per heavy atom. The number of amides is 1. The van der Waals surface area contributed by atoms with Gasteiger partial charge in [-0.05, 0) is 50.7 Å². The molecular formula is C18H22N4O. The number of fused-ring (bicyclic) bond motifs is 1. The van der Waals surface area contributed by atoms with Crippen LogP contribution in [0.2, 0.25) is 0 Å². The summed E-state index contributed by atoms with van der Waals surface area (Å²) in [5.74, 6) is 0.481. The molecule has 0 unspecified atom stereocenters. The molecular weight excluding hydrogens is 288 g/mol. The largest absolute Gasteiger partial charge is 0.354 e. The highest BCUT2D eigenvalue weighted by Gasteiger charge is 2.29. The van der Waals surface area contributed by atoms with Crippen molar-refractivity contribution in [1.82, 2.24) is 20.1 Å². The van der Waals surface area contributed by atoms with Crippen molar-refractivity contribution in [2.45, 2.75) is 45.1 Å². The van der Waals surface area contributed by atoms with Crippen molar-refractivity contribution in [3.05, 3.63) is 35.8 Å². The fourth-order valence-corrected chi connectivity index (χ4v) is 3.37. The van der Waals surface area contributed by atoms with Crippen LogP contribution >= 0.6 is 0 Å². The highest BCUT2D eigenvalue weighted by Crippen LogP contribution is 2.31. The van der Waals surface area contributed by atoms with E-state index < -0.39 is 0 Å². The molecule has 5 heteroatoms. The first-order chi connectivity index (χ1) is 11.3. The summed E-state index contributed by atoms with van der Waals surface area (Å²) >= 11 is 0. The zero-order valence-electron chi connectivity index (χ0n) is 13.3. The lowest BCUT2D eigenvalue weighted by atomic mass is 9.94. The Kier molecular flexibility index (Phi) is 3.85. The summed E-state index contributed by atoms with van der Waals surface area (Å²) in [6.45, 7) is 1.42. The number of nitrogens with zero attached hydrogens (tertiary/aromatic N) is 3. The third-order valence-corrected chi connectivity index (χ3v) is 4.78. The lowest BCUT2D eigenvalue weighted by Gasteiger charge is -2.14. The number of hydrogen-bond donors (Lipinski definition) is 1. The van der Waals surface area contributed by atoms with Gasteiger partial charge in [0.15, 0.2) is 0 Å². The molecule has 2 aromatic rings. The Morgan fingerprint density at radius 3 is 2.78 bits per heavy atom. The number of carbonyl (C=O) groups is 1. The standard InChI is InChI=1S/C18H22N4O/c23-18(14-5-6-14)20-11-12-22-16-4-2-1-3-15(16)17(21-22)13-7-9-19-10-8-13/h7-10,14H,1-6,11-12H2,(H,20,23). The molecule has 0 aromatic carbocycles. The molecule has 0 atom stereocenters. The van der Waals surface area contributed by atoms with E-state index in [9.17, 15) is 4.79 Å². The van der Waals surface area contributed by atoms with Crippen molar-refractivity contribution < 1.29 is 4.79 Å². The third kappa shape index (κ3) is 3.00. The number of hydrogen-bond acceptors (Lipinski definition) is 3. The molecule has 1 fully saturated rings. The summed E-state index contributed by atoms with van der Waals surface area (Å²) < 4.78 is 2.11. The number of nitrogens with one attached hydrogen (secondary N) is 1. The average molecular weight is 310 g/mol. The molecule has 0 bridgehead atoms. The second kappa shape index (κ2) is 6.14. The van der Waals surface area contributed by atoms with Gasteiger partial charge in [0.2, 0.25) is 5.91 Å². The summed E-state index contributed by atoms with van der Waals surface area (Å²) in [6.07, 6.45) is 10.4. The van der Waals surface area contributed by atoms with Gasteiger partial charge in [-0.2, -0.15) is 5.10 Å². The molecule has 2 aliphatic rings. The predicted octanol–water partition coefficient (Wildman–Crippen LogP) is 2.35. The van der Waals surface area contributed by atoms with E-state index in [0.717, 1.165) is 43.5 Å². The molecule has 1 amide bonds. The third-order valence-electron chi connectivity index (χ3n) is 4.78. The van der Waals surface area contributed by atoms with E-state index in [2.05, 4.69) is 15.0 Å². The van der Waals surface area contributed by atoms with Crippen molar-refractivity contribution in [2.75, 3.05) is 6.54 Å². The van der Waals surface area contributed by atoms with Crippen LogP contribution < -0.4 is 5.32 Å². The molecule has 0 spiro atoms. The van der Waals surface area contributed by atoms with Crippen LogP contribution in [0.1, 0.15) is 36.9 Å². The number of rotatable bonds is 5. The number of carbonyl (C=O) groups excluding carboxylic acids is 1. The van der Waals surface area contributed by atoms with Crippen LogP contribution in [0.5, 0.6) is 0 Å². The molecule has 1 N–H and O–H groups in total. The second-order valence-corrected chi connectivity index (χ2v) is 6.51. The second-order valence-electron chi connectivity index (χ2n) is 6.51. The van der Waals surface area contributed by atoms with Gasteiger partial charge < -0.3 is 5.32 Å². The first kappa shape index (κ1) is 14.4. The van der Waals surface area contributed by atoms with Crippen LogP contribution in [0.15, 0.2) is 24.5 Å². The van der Waals surface area contributed by atoms with Gasteiger partial charge in [0.25, 0.3) is 0 Å². The van der Waals surface area contributed by atoms with Crippen LogP contribution in [0.4, 0.5) is 0 Å². The minimum Gasteiger partial charge on any atom is -0.354 e. The average Bonchev–Trinajstić information content (AvgIpc) is 3.39. The van der Waals surface area contributed by atoms with Gasteiger partial charge in [-0.25, -0.2) is 0 Å². The van der Waals surface area contributed by atoms with E-state index in [1.165, 1.54) is 24.1 Å². The Balaban J connectivity index is 1.54. The topological polar surface area (TPSA) is 59.8 Å². The molecule has 0 radical (unpaired) electrons. The van der Waals surface area contributed by atoms with E-state index in [1.54, 1.807) is 0 Å². The summed E-state index contributed by atoms with van der Waals surface area (Å²) in [5, 5.41) is 7.90. The van der Waals surface area contributed by atoms with E-state index in [0.29, 0.717) is 6.54 Å². The van der Waals surface area contributed by atoms with Gasteiger partial charge in [-0.3, -0.25) is 14.5 Å². The lowest BCUT2D eigenvalue weighted by Crippen LogP contribution is -2.29. The Hall–Kier alpha value is -2.17. The van der Waals surface area contributed by atoms with Crippen LogP contribution in [0.3, 0.4) is 0 Å². The summed E-state index contributed by atoms with van der Waals surface area (Å²) in [5.41, 5.74) is 4.97. The molecule has 5 nitrogen and oxygen atoms in total. The van der Waals surface area contributed by atoms with Crippen molar-refractivity contribution in [3.63, 3.8) is 0 Å². The van der Waals surface area contributed by atoms with Crippen LogP contribution in [-0.2, 0) is 24.2 Å². The van der Waals surface area contributed by atoms with Crippen molar-refractivity contribution >= 4 is 5.91 Å². The van der Waals surface area contributed by atoms with Crippen LogP contribution in [0.25, 0.3) is 11.3 Å². The number of aromatic nitrogens is 3. The minimum atomic E-state index is 0.209. The van der Waals surface area contributed by atoms with Gasteiger partial charge in [0, 0.05) is 41.7 Å². The van der Waals surface area contributed by atoms with Crippen molar-refractivity contribution in [3.8, 4) is 11.3 Å². The molecule has 0 aliphatic heterocycles. The zero-order chi connectivity index (χ0) is 15.6. The van der Waals surface area contributed by atoms with E-state index in [-0.39, 0.29) is 11.8 Å². The highest BCUT2D eigenvalue weighted by atomic mass is 16.2. The Bertz CT molecular complexity index is 703. The zero-order valence-corrected chi connectivity index (χ0v) is 13.3. The lowest BCUT2D eigenvalue weighted by molar-refractivity contribution is -0.122. The normalized spacial score (nSPS) is 16.9. The Labute approximate surface area is 136 Å². The van der Waals surface area contributed by atoms with E-state index in [1.807, 2.05) is 24.5 Å². The fourth-order valence-electron chi connectivity index (χ4n) is 3.37. The SMILES string of the molecule is O=C(NCCn1nc(-c2ccncc2)c2c1CCCC2)C1CC1. The maximum atomic E-state index is 11.8. The molecule has 4 rings (SSSR count). The number of pyridine rings is 1. The van der Waals surface area contributed by atoms with E-state index in [4.69, 9.17) is 5.10 Å². The molecule has 0 saturated heterocycles. The van der Waals surface area contributed by atoms with Gasteiger partial charge in [-0.15, -0.1) is 0 Å². The van der Waals surface area contributed by atoms with Crippen molar-refractivity contribution in [1.29, 1.82) is 0 Å². The van der Waals surface area contributed by atoms with Gasteiger partial charge in [0.1, 0.15) is 0 Å². The first-order valence-corrected chi connectivity index (χ1v) is 8.59. The van der Waals surface area contributed by atoms with Crippen LogP contribution in [0, 0.1) is 5.92 Å². The van der Waals surface area contributed by atoms with Crippen LogP contribution in [-0.4, -0.2) is 27.2 Å². The van der Waals surface area contributed by atoms with E-state index >= 15 is 0 Å². The fraction of sp³-hybridized carbons (Fsp3) is 0.500. The minimum absolute atomic E-state index is 0.209. The molecule has 23 heavy (non-hydrogen) atoms. The quantitative estimate of drug-likeness (QED) is 0.922. The maximum absolute atomic E-state index is 11.8. The molecule has 2 aromatic heterocycles. The molecule has 1 saturated carbocycles. The summed E-state index contributed by atoms with van der Waals surface area (Å²) in [4.78, 5) is 15.9. The predicted molar refractivity (Wildman–Crippen MR) is 87.8 cm³/mol. The highest BCUT2D eigenvalue weighted by molar-refractivity contribution is 5.80. The molecule has 2 heterocycles. The summed E-state index contributed by atoms with van der Waals surface area (Å²) in [6, 6.07) is 4.05. The van der Waals surface area contributed by atoms with Crippen molar-refractivity contribution in [2.24, 2.45) is 5.92 Å². The maximum Gasteiger partial charge on any atom is 0.223 e. The van der Waals surface area contributed by atoms with Gasteiger partial charge in [-0.1, -0.05) is 0 Å². The van der Waals surface area contributed by atoms with Gasteiger partial charge in [0.05, 0.1) is 12.2 Å².